The van der Waals surface area contributed by atoms with E-state index in [-0.39, 0.29) is 5.91 Å². The van der Waals surface area contributed by atoms with Gasteiger partial charge in [-0.25, -0.2) is 0 Å². The molecule has 0 aromatic heterocycles. The number of aliphatic hydroxyl groups is 1. The number of hydrogen-bond acceptors (Lipinski definition) is 3. The molecule has 2 aliphatic rings. The summed E-state index contributed by atoms with van der Waals surface area (Å²) in [5.41, 5.74) is 2.56. The van der Waals surface area contributed by atoms with Crippen molar-refractivity contribution in [2.45, 2.75) is 31.9 Å². The second-order valence-electron chi connectivity index (χ2n) is 4.85. The molecular weight excluding hydrogens is 216 g/mol. The van der Waals surface area contributed by atoms with Gasteiger partial charge in [0.25, 0.3) is 5.91 Å². The number of anilines is 2. The van der Waals surface area contributed by atoms with Crippen molar-refractivity contribution in [3.63, 3.8) is 0 Å². The van der Waals surface area contributed by atoms with E-state index in [1.54, 1.807) is 0 Å². The van der Waals surface area contributed by atoms with Gasteiger partial charge in [-0.15, -0.1) is 0 Å². The maximum atomic E-state index is 11.4. The first-order chi connectivity index (χ1) is 8.16. The fourth-order valence-corrected chi connectivity index (χ4v) is 2.73. The lowest BCUT2D eigenvalue weighted by atomic mass is 10.1. The van der Waals surface area contributed by atoms with Crippen molar-refractivity contribution >= 4 is 17.3 Å². The number of amides is 1. The molecule has 0 spiro atoms. The minimum absolute atomic E-state index is 0.327. The van der Waals surface area contributed by atoms with E-state index < -0.39 is 6.10 Å². The predicted molar refractivity (Wildman–Crippen MR) is 66.1 cm³/mol. The SMILES string of the molecule is CC1CCCN1c1ccc2c(c1)NC(=O)C2O. The Bertz CT molecular complexity index is 472. The third-order valence-electron chi connectivity index (χ3n) is 3.72. The van der Waals surface area contributed by atoms with E-state index in [4.69, 9.17) is 0 Å². The Labute approximate surface area is 100 Å². The van der Waals surface area contributed by atoms with Crippen molar-refractivity contribution < 1.29 is 9.90 Å². The first kappa shape index (κ1) is 10.6. The van der Waals surface area contributed by atoms with Crippen molar-refractivity contribution in [3.8, 4) is 0 Å². The average Bonchev–Trinajstić information content (AvgIpc) is 2.84. The highest BCUT2D eigenvalue weighted by molar-refractivity contribution is 6.02. The fourth-order valence-electron chi connectivity index (χ4n) is 2.73. The molecular formula is C13H16N2O2. The van der Waals surface area contributed by atoms with Crippen LogP contribution in [0.2, 0.25) is 0 Å². The van der Waals surface area contributed by atoms with Gasteiger partial charge >= 0.3 is 0 Å². The van der Waals surface area contributed by atoms with Gasteiger partial charge in [0.2, 0.25) is 0 Å². The normalized spacial score (nSPS) is 27.2. The highest BCUT2D eigenvalue weighted by Gasteiger charge is 2.29. The van der Waals surface area contributed by atoms with Crippen molar-refractivity contribution in [2.75, 3.05) is 16.8 Å². The van der Waals surface area contributed by atoms with Crippen LogP contribution in [0.1, 0.15) is 31.4 Å². The molecule has 2 aliphatic heterocycles. The Morgan fingerprint density at radius 3 is 3.00 bits per heavy atom. The molecule has 4 heteroatoms. The zero-order chi connectivity index (χ0) is 12.0. The number of hydrogen-bond donors (Lipinski definition) is 2. The van der Waals surface area contributed by atoms with Crippen LogP contribution in [0, 0.1) is 0 Å². The van der Waals surface area contributed by atoms with Gasteiger partial charge in [0.05, 0.1) is 0 Å². The summed E-state index contributed by atoms with van der Waals surface area (Å²) >= 11 is 0. The van der Waals surface area contributed by atoms with Gasteiger partial charge < -0.3 is 15.3 Å². The van der Waals surface area contributed by atoms with Crippen molar-refractivity contribution in [1.29, 1.82) is 0 Å². The molecule has 2 atom stereocenters. The summed E-state index contributed by atoms with van der Waals surface area (Å²) in [4.78, 5) is 13.7. The molecule has 0 aliphatic carbocycles. The minimum atomic E-state index is -1.00. The molecule has 90 valence electrons. The van der Waals surface area contributed by atoms with E-state index in [9.17, 15) is 9.90 Å². The van der Waals surface area contributed by atoms with Crippen LogP contribution in [0.3, 0.4) is 0 Å². The molecule has 1 amide bonds. The molecule has 1 aromatic carbocycles. The second kappa shape index (κ2) is 3.74. The molecule has 0 saturated carbocycles. The van der Waals surface area contributed by atoms with Gasteiger partial charge in [0.1, 0.15) is 0 Å². The zero-order valence-corrected chi connectivity index (χ0v) is 9.81. The molecule has 2 heterocycles. The van der Waals surface area contributed by atoms with Crippen LogP contribution in [-0.4, -0.2) is 23.6 Å². The smallest absolute Gasteiger partial charge is 0.257 e. The molecule has 0 bridgehead atoms. The van der Waals surface area contributed by atoms with Crippen LogP contribution in [0.5, 0.6) is 0 Å². The minimum Gasteiger partial charge on any atom is -0.378 e. The van der Waals surface area contributed by atoms with Crippen molar-refractivity contribution in [1.82, 2.24) is 0 Å². The Kier molecular flexibility index (Phi) is 2.33. The van der Waals surface area contributed by atoms with Gasteiger partial charge in [-0.2, -0.15) is 0 Å². The van der Waals surface area contributed by atoms with Crippen LogP contribution in [0.15, 0.2) is 18.2 Å². The topological polar surface area (TPSA) is 52.6 Å². The van der Waals surface area contributed by atoms with Crippen LogP contribution in [0.25, 0.3) is 0 Å². The van der Waals surface area contributed by atoms with Crippen LogP contribution in [-0.2, 0) is 4.79 Å². The van der Waals surface area contributed by atoms with E-state index in [1.165, 1.54) is 12.8 Å². The van der Waals surface area contributed by atoms with Crippen LogP contribution >= 0.6 is 0 Å². The lowest BCUT2D eigenvalue weighted by molar-refractivity contribution is -0.123. The third-order valence-corrected chi connectivity index (χ3v) is 3.72. The van der Waals surface area contributed by atoms with Crippen molar-refractivity contribution in [3.05, 3.63) is 23.8 Å². The summed E-state index contributed by atoms with van der Waals surface area (Å²) in [5.74, 6) is -0.327. The molecule has 1 saturated heterocycles. The summed E-state index contributed by atoms with van der Waals surface area (Å²) in [7, 11) is 0. The number of fused-ring (bicyclic) bond motifs is 1. The Balaban J connectivity index is 1.95. The highest BCUT2D eigenvalue weighted by Crippen LogP contribution is 2.35. The van der Waals surface area contributed by atoms with Gasteiger partial charge in [0, 0.05) is 29.5 Å². The Hall–Kier alpha value is -1.55. The highest BCUT2D eigenvalue weighted by atomic mass is 16.3. The van der Waals surface area contributed by atoms with Gasteiger partial charge in [-0.1, -0.05) is 6.07 Å². The fraction of sp³-hybridized carbons (Fsp3) is 0.462. The second-order valence-corrected chi connectivity index (χ2v) is 4.85. The number of carbonyl (C=O) groups excluding carboxylic acids is 1. The number of benzene rings is 1. The van der Waals surface area contributed by atoms with Gasteiger partial charge in [-0.05, 0) is 31.9 Å². The number of nitrogens with one attached hydrogen (secondary N) is 1. The molecule has 2 N–H and O–H groups in total. The molecule has 0 radical (unpaired) electrons. The predicted octanol–water partition coefficient (Wildman–Crippen LogP) is 1.66. The van der Waals surface area contributed by atoms with Gasteiger partial charge in [-0.3, -0.25) is 4.79 Å². The molecule has 1 fully saturated rings. The number of nitrogens with zero attached hydrogens (tertiary/aromatic N) is 1. The Morgan fingerprint density at radius 2 is 2.29 bits per heavy atom. The van der Waals surface area contributed by atoms with E-state index in [0.717, 1.165) is 17.9 Å². The maximum Gasteiger partial charge on any atom is 0.257 e. The molecule has 1 aromatic rings. The molecule has 2 unspecified atom stereocenters. The first-order valence-corrected chi connectivity index (χ1v) is 6.06. The summed E-state index contributed by atoms with van der Waals surface area (Å²) in [6, 6.07) is 6.35. The average molecular weight is 232 g/mol. The van der Waals surface area contributed by atoms with Crippen molar-refractivity contribution in [2.24, 2.45) is 0 Å². The quantitative estimate of drug-likeness (QED) is 0.774. The summed E-state index contributed by atoms with van der Waals surface area (Å²) < 4.78 is 0. The van der Waals surface area contributed by atoms with Gasteiger partial charge in [0.15, 0.2) is 6.10 Å². The standard InChI is InChI=1S/C13H16N2O2/c1-8-3-2-6-15(8)9-4-5-10-11(7-9)14-13(17)12(10)16/h4-5,7-8,12,16H,2-3,6H2,1H3,(H,14,17). The lowest BCUT2D eigenvalue weighted by Crippen LogP contribution is -2.26. The lowest BCUT2D eigenvalue weighted by Gasteiger charge is -2.24. The largest absolute Gasteiger partial charge is 0.378 e. The third kappa shape index (κ3) is 1.60. The number of carbonyl (C=O) groups is 1. The van der Waals surface area contributed by atoms with E-state index in [2.05, 4.69) is 17.1 Å². The van der Waals surface area contributed by atoms with Crippen LogP contribution in [0.4, 0.5) is 11.4 Å². The summed E-state index contributed by atoms with van der Waals surface area (Å²) in [6.45, 7) is 3.28. The first-order valence-electron chi connectivity index (χ1n) is 6.06. The molecule has 17 heavy (non-hydrogen) atoms. The Morgan fingerprint density at radius 1 is 1.47 bits per heavy atom. The van der Waals surface area contributed by atoms with Crippen LogP contribution < -0.4 is 10.2 Å². The zero-order valence-electron chi connectivity index (χ0n) is 9.81. The summed E-state index contributed by atoms with van der Waals surface area (Å²) in [6.07, 6.45) is 1.43. The van der Waals surface area contributed by atoms with E-state index in [1.807, 2.05) is 18.2 Å². The monoisotopic (exact) mass is 232 g/mol. The number of aliphatic hydroxyl groups excluding tert-OH is 1. The number of rotatable bonds is 1. The molecule has 4 nitrogen and oxygen atoms in total. The molecule has 3 rings (SSSR count). The van der Waals surface area contributed by atoms with E-state index in [0.29, 0.717) is 11.6 Å². The maximum absolute atomic E-state index is 11.4. The summed E-state index contributed by atoms with van der Waals surface area (Å²) in [5, 5.41) is 12.3. The van der Waals surface area contributed by atoms with E-state index >= 15 is 0 Å².